The van der Waals surface area contributed by atoms with Gasteiger partial charge in [0.15, 0.2) is 5.71 Å². The molecule has 1 atom stereocenters. The largest absolute Gasteiger partial charge is 1.00 e. The number of benzene rings is 4. The van der Waals surface area contributed by atoms with Gasteiger partial charge in [0.05, 0.1) is 11.1 Å². The SMILES string of the molecule is Cc1cccc(C)c1OC(=O)CCCCCN1C(=C=CC2CCC(/C=C/C3=[N+](CCCCCC(=O)Oc4c(C)cccc4C)c4ccccc4C3(C)C)=C2Cl)C(C)(C)c2ccccc21.[Cl-]. The predicted molar refractivity (Wildman–Crippen MR) is 262 cm³/mol. The number of anilines is 1. The van der Waals surface area contributed by atoms with Crippen molar-refractivity contribution in [2.24, 2.45) is 5.92 Å². The van der Waals surface area contributed by atoms with Gasteiger partial charge < -0.3 is 26.8 Å². The molecule has 6 nitrogen and oxygen atoms in total. The van der Waals surface area contributed by atoms with Crippen molar-refractivity contribution in [2.45, 2.75) is 130 Å². The summed E-state index contributed by atoms with van der Waals surface area (Å²) < 4.78 is 14.0. The van der Waals surface area contributed by atoms with E-state index in [1.165, 1.54) is 33.8 Å². The molecule has 0 bridgehead atoms. The van der Waals surface area contributed by atoms with Crippen LogP contribution in [0.1, 0.15) is 125 Å². The molecule has 0 saturated carbocycles. The maximum atomic E-state index is 12.7. The van der Waals surface area contributed by atoms with E-state index in [-0.39, 0.29) is 41.1 Å². The number of hydrogen-bond donors (Lipinski definition) is 0. The van der Waals surface area contributed by atoms with E-state index >= 15 is 0 Å². The molecule has 0 saturated heterocycles. The van der Waals surface area contributed by atoms with Crippen LogP contribution in [0.2, 0.25) is 0 Å². The van der Waals surface area contributed by atoms with Gasteiger partial charge in [-0.05, 0) is 139 Å². The highest BCUT2D eigenvalue weighted by Crippen LogP contribution is 2.48. The molecular formula is C57H66Cl2N2O4. The van der Waals surface area contributed by atoms with Crippen molar-refractivity contribution in [3.8, 4) is 11.5 Å². The molecule has 1 aliphatic carbocycles. The van der Waals surface area contributed by atoms with Gasteiger partial charge in [0.1, 0.15) is 18.0 Å². The van der Waals surface area contributed by atoms with Gasteiger partial charge in [0.2, 0.25) is 5.69 Å². The molecule has 4 aromatic carbocycles. The van der Waals surface area contributed by atoms with E-state index in [0.29, 0.717) is 24.3 Å². The summed E-state index contributed by atoms with van der Waals surface area (Å²) in [5.41, 5.74) is 16.1. The molecule has 0 N–H and O–H groups in total. The molecule has 8 heteroatoms. The van der Waals surface area contributed by atoms with Crippen LogP contribution in [-0.4, -0.2) is 35.3 Å². The Labute approximate surface area is 399 Å². The van der Waals surface area contributed by atoms with Gasteiger partial charge >= 0.3 is 11.9 Å². The summed E-state index contributed by atoms with van der Waals surface area (Å²) in [6.45, 7) is 18.8. The van der Waals surface area contributed by atoms with E-state index in [1.807, 2.05) is 64.1 Å². The highest BCUT2D eigenvalue weighted by atomic mass is 35.5. The number of esters is 2. The fourth-order valence-corrected chi connectivity index (χ4v) is 10.2. The summed E-state index contributed by atoms with van der Waals surface area (Å²) in [5, 5.41) is 0.894. The first-order valence-corrected chi connectivity index (χ1v) is 23.8. The minimum absolute atomic E-state index is 0. The first-order valence-electron chi connectivity index (χ1n) is 23.4. The standard InChI is InChI=1S/C57H66ClN2O4.ClH/c1-39-21-19-22-40(2)54(39)63-51(61)29-11-9-17-37-59-47-27-15-13-25-45(47)56(5,6)49(59)35-33-43-31-32-44(53(43)58)34-36-50-57(7,8)46-26-14-16-28-48(46)60(50)38-18-10-12-30-52(62)64-55-41(3)23-20-24-42(55)4;/h13-16,19-28,33-35,44H,9-12,17-18,29-32,37-38H2,1-8H3;1H/q+1;/p-1/b35-33+;. The summed E-state index contributed by atoms with van der Waals surface area (Å²) in [6.07, 6.45) is 14.7. The zero-order valence-corrected chi connectivity index (χ0v) is 41.2. The molecule has 0 radical (unpaired) electrons. The minimum atomic E-state index is -0.216. The number of fused-ring (bicyclic) bond motifs is 2. The van der Waals surface area contributed by atoms with Crippen molar-refractivity contribution in [2.75, 3.05) is 18.0 Å². The highest BCUT2D eigenvalue weighted by molar-refractivity contribution is 6.30. The third-order valence-corrected chi connectivity index (χ3v) is 14.0. The third-order valence-electron chi connectivity index (χ3n) is 13.5. The number of rotatable bonds is 17. The number of hydrogen-bond acceptors (Lipinski definition) is 5. The molecule has 1 unspecified atom stereocenters. The summed E-state index contributed by atoms with van der Waals surface area (Å²) >= 11 is 7.27. The Hall–Kier alpha value is -5.13. The Morgan fingerprint density at radius 3 is 1.88 bits per heavy atom. The zero-order valence-electron chi connectivity index (χ0n) is 39.7. The van der Waals surface area contributed by atoms with Gasteiger partial charge in [-0.1, -0.05) is 96.9 Å². The van der Waals surface area contributed by atoms with Crippen LogP contribution in [0.4, 0.5) is 11.4 Å². The Kier molecular flexibility index (Phi) is 16.3. The number of allylic oxidation sites excluding steroid dienone is 5. The number of ether oxygens (including phenoxy) is 2. The molecule has 4 aromatic rings. The monoisotopic (exact) mass is 912 g/mol. The highest BCUT2D eigenvalue weighted by Gasteiger charge is 2.44. The second-order valence-corrected chi connectivity index (χ2v) is 19.4. The average molecular weight is 914 g/mol. The van der Waals surface area contributed by atoms with Crippen LogP contribution >= 0.6 is 11.6 Å². The Balaban J connectivity index is 0.00000700. The molecule has 7 rings (SSSR count). The third kappa shape index (κ3) is 10.9. The number of para-hydroxylation sites is 4. The Bertz CT molecular complexity index is 2530. The van der Waals surface area contributed by atoms with Gasteiger partial charge in [-0.25, -0.2) is 0 Å². The first kappa shape index (κ1) is 49.3. The van der Waals surface area contributed by atoms with Gasteiger partial charge in [-0.2, -0.15) is 4.58 Å². The fourth-order valence-electron chi connectivity index (χ4n) is 9.85. The molecule has 65 heavy (non-hydrogen) atoms. The van der Waals surface area contributed by atoms with Crippen LogP contribution < -0.4 is 26.8 Å². The van der Waals surface area contributed by atoms with E-state index in [2.05, 4.69) is 110 Å². The van der Waals surface area contributed by atoms with Crippen LogP contribution in [0.25, 0.3) is 0 Å². The van der Waals surface area contributed by atoms with Gasteiger partial charge in [0.25, 0.3) is 0 Å². The quantitative estimate of drug-likeness (QED) is 0.0347. The second-order valence-electron chi connectivity index (χ2n) is 19.0. The summed E-state index contributed by atoms with van der Waals surface area (Å²) in [4.78, 5) is 27.9. The summed E-state index contributed by atoms with van der Waals surface area (Å²) in [6, 6.07) is 29.3. The van der Waals surface area contributed by atoms with Crippen molar-refractivity contribution in [3.05, 3.63) is 159 Å². The number of carbonyl (C=O) groups is 2. The second kappa shape index (κ2) is 21.5. The molecule has 342 valence electrons. The lowest BCUT2D eigenvalue weighted by molar-refractivity contribution is -0.438. The number of aryl methyl sites for hydroxylation is 4. The number of nitrogens with zero attached hydrogens (tertiary/aromatic N) is 2. The molecule has 0 aromatic heterocycles. The smallest absolute Gasteiger partial charge is 0.311 e. The molecule has 0 fully saturated rings. The Morgan fingerprint density at radius 2 is 1.26 bits per heavy atom. The van der Waals surface area contributed by atoms with Crippen LogP contribution in [-0.2, 0) is 20.4 Å². The van der Waals surface area contributed by atoms with E-state index in [0.717, 1.165) is 97.4 Å². The zero-order chi connectivity index (χ0) is 45.6. The van der Waals surface area contributed by atoms with E-state index in [9.17, 15) is 9.59 Å². The molecule has 3 aliphatic rings. The van der Waals surface area contributed by atoms with Gasteiger partial charge in [-0.15, -0.1) is 5.73 Å². The molecule has 0 spiro atoms. The molecule has 2 aliphatic heterocycles. The van der Waals surface area contributed by atoms with Crippen LogP contribution in [0.3, 0.4) is 0 Å². The van der Waals surface area contributed by atoms with Crippen molar-refractivity contribution in [1.82, 2.24) is 0 Å². The first-order chi connectivity index (χ1) is 30.7. The topological polar surface area (TPSA) is 58.8 Å². The van der Waals surface area contributed by atoms with Gasteiger partial charge in [0, 0.05) is 65.6 Å². The normalized spacial score (nSPS) is 17.0. The summed E-state index contributed by atoms with van der Waals surface area (Å²) in [7, 11) is 0. The van der Waals surface area contributed by atoms with E-state index in [1.54, 1.807) is 0 Å². The van der Waals surface area contributed by atoms with Crippen molar-refractivity contribution in [3.63, 3.8) is 0 Å². The molecular weight excluding hydrogens is 848 g/mol. The van der Waals surface area contributed by atoms with Crippen molar-refractivity contribution < 1.29 is 36.0 Å². The lowest BCUT2D eigenvalue weighted by Crippen LogP contribution is -3.00. The van der Waals surface area contributed by atoms with E-state index < -0.39 is 0 Å². The predicted octanol–water partition coefficient (Wildman–Crippen LogP) is 10.9. The lowest BCUT2D eigenvalue weighted by Gasteiger charge is -2.25. The average Bonchev–Trinajstić information content (AvgIpc) is 3.80. The number of carbonyl (C=O) groups excluding carboxylic acids is 2. The van der Waals surface area contributed by atoms with Crippen molar-refractivity contribution >= 4 is 40.6 Å². The Morgan fingerprint density at radius 1 is 0.708 bits per heavy atom. The summed E-state index contributed by atoms with van der Waals surface area (Å²) in [5.74, 6) is 1.12. The van der Waals surface area contributed by atoms with Crippen LogP contribution in [0.5, 0.6) is 11.5 Å². The fraction of sp³-hybridized carbons (Fsp3) is 0.404. The maximum Gasteiger partial charge on any atom is 0.311 e. The van der Waals surface area contributed by atoms with Crippen LogP contribution in [0.15, 0.2) is 125 Å². The number of halogens is 2. The van der Waals surface area contributed by atoms with Crippen molar-refractivity contribution in [1.29, 1.82) is 0 Å². The molecule has 2 heterocycles. The molecule has 0 amide bonds. The lowest BCUT2D eigenvalue weighted by atomic mass is 9.81. The minimum Gasteiger partial charge on any atom is -1.00 e. The van der Waals surface area contributed by atoms with Gasteiger partial charge in [-0.3, -0.25) is 9.59 Å². The van der Waals surface area contributed by atoms with E-state index in [4.69, 9.17) is 21.1 Å². The number of unbranched alkanes of at least 4 members (excludes halogenated alkanes) is 4. The maximum absolute atomic E-state index is 12.7. The van der Waals surface area contributed by atoms with Crippen LogP contribution in [0, 0.1) is 33.6 Å².